The van der Waals surface area contributed by atoms with Crippen molar-refractivity contribution in [1.82, 2.24) is 14.7 Å². The minimum Gasteiger partial charge on any atom is -0.357 e. The van der Waals surface area contributed by atoms with E-state index in [1.165, 1.54) is 6.07 Å². The zero-order chi connectivity index (χ0) is 20.0. The number of hydrogen-bond donors (Lipinski definition) is 2. The SMILES string of the molecule is CC(C)(C)S(=O)(=O)N[C@H]1CC[C@H](c2cc3nc(C(F)(F)F)ccc3[nH]2)CC1. The molecule has 0 spiro atoms. The van der Waals surface area contributed by atoms with Gasteiger partial charge in [0.1, 0.15) is 5.69 Å². The van der Waals surface area contributed by atoms with Crippen LogP contribution in [0, 0.1) is 0 Å². The first-order valence-electron chi connectivity index (χ1n) is 8.95. The van der Waals surface area contributed by atoms with Crippen LogP contribution < -0.4 is 4.72 Å². The number of halogens is 3. The van der Waals surface area contributed by atoms with Gasteiger partial charge in [-0.25, -0.2) is 18.1 Å². The smallest absolute Gasteiger partial charge is 0.357 e. The average Bonchev–Trinajstić information content (AvgIpc) is 2.96. The number of fused-ring (bicyclic) bond motifs is 1. The van der Waals surface area contributed by atoms with Crippen molar-refractivity contribution in [2.75, 3.05) is 0 Å². The molecule has 0 aromatic carbocycles. The Hall–Kier alpha value is -1.61. The van der Waals surface area contributed by atoms with Crippen LogP contribution in [0.15, 0.2) is 18.2 Å². The van der Waals surface area contributed by atoms with Crippen LogP contribution in [0.4, 0.5) is 13.2 Å². The van der Waals surface area contributed by atoms with Crippen molar-refractivity contribution in [3.8, 4) is 0 Å². The third-order valence-electron chi connectivity index (χ3n) is 5.08. The van der Waals surface area contributed by atoms with Gasteiger partial charge in [0.15, 0.2) is 0 Å². The number of nitrogens with one attached hydrogen (secondary N) is 2. The lowest BCUT2D eigenvalue weighted by molar-refractivity contribution is -0.140. The lowest BCUT2D eigenvalue weighted by atomic mass is 9.84. The van der Waals surface area contributed by atoms with Gasteiger partial charge in [0.2, 0.25) is 10.0 Å². The molecule has 3 rings (SSSR count). The number of rotatable bonds is 3. The minimum atomic E-state index is -4.46. The first-order valence-corrected chi connectivity index (χ1v) is 10.4. The van der Waals surface area contributed by atoms with E-state index in [1.807, 2.05) is 0 Å². The third kappa shape index (κ3) is 4.29. The van der Waals surface area contributed by atoms with Crippen LogP contribution in [-0.4, -0.2) is 29.2 Å². The van der Waals surface area contributed by atoms with Crippen LogP contribution in [0.1, 0.15) is 63.8 Å². The zero-order valence-electron chi connectivity index (χ0n) is 15.5. The summed E-state index contributed by atoms with van der Waals surface area (Å²) in [6.07, 6.45) is -1.56. The van der Waals surface area contributed by atoms with Gasteiger partial charge in [-0.15, -0.1) is 0 Å². The van der Waals surface area contributed by atoms with Gasteiger partial charge >= 0.3 is 6.18 Å². The summed E-state index contributed by atoms with van der Waals surface area (Å²) in [6, 6.07) is 3.94. The van der Waals surface area contributed by atoms with Gasteiger partial charge in [-0.05, 0) is 70.6 Å². The molecule has 0 aliphatic heterocycles. The van der Waals surface area contributed by atoms with Crippen LogP contribution >= 0.6 is 0 Å². The van der Waals surface area contributed by atoms with Gasteiger partial charge in [0.05, 0.1) is 15.8 Å². The highest BCUT2D eigenvalue weighted by molar-refractivity contribution is 7.90. The first kappa shape index (κ1) is 20.1. The van der Waals surface area contributed by atoms with Gasteiger partial charge in [0, 0.05) is 11.7 Å². The molecule has 2 aromatic rings. The minimum absolute atomic E-state index is 0.107. The molecule has 0 atom stereocenters. The fourth-order valence-electron chi connectivity index (χ4n) is 3.33. The Morgan fingerprint density at radius 1 is 1.11 bits per heavy atom. The Morgan fingerprint density at radius 2 is 1.74 bits per heavy atom. The van der Waals surface area contributed by atoms with Gasteiger partial charge in [-0.3, -0.25) is 0 Å². The summed E-state index contributed by atoms with van der Waals surface area (Å²) in [6.45, 7) is 4.98. The van der Waals surface area contributed by atoms with Crippen molar-refractivity contribution in [2.24, 2.45) is 0 Å². The molecule has 2 N–H and O–H groups in total. The molecule has 0 amide bonds. The Labute approximate surface area is 156 Å². The second-order valence-corrected chi connectivity index (χ2v) is 10.6. The Morgan fingerprint density at radius 3 is 2.30 bits per heavy atom. The Balaban J connectivity index is 1.69. The second-order valence-electron chi connectivity index (χ2n) is 8.13. The third-order valence-corrected chi connectivity index (χ3v) is 7.34. The van der Waals surface area contributed by atoms with Crippen LogP contribution in [0.3, 0.4) is 0 Å². The predicted molar refractivity (Wildman–Crippen MR) is 97.9 cm³/mol. The van der Waals surface area contributed by atoms with Crippen molar-refractivity contribution in [2.45, 2.75) is 69.3 Å². The molecule has 1 fully saturated rings. The summed E-state index contributed by atoms with van der Waals surface area (Å²) < 4.78 is 64.9. The maximum Gasteiger partial charge on any atom is 0.433 e. The molecule has 2 heterocycles. The maximum atomic E-state index is 12.8. The van der Waals surface area contributed by atoms with Crippen LogP contribution in [0.5, 0.6) is 0 Å². The number of hydrogen-bond acceptors (Lipinski definition) is 3. The molecule has 0 bridgehead atoms. The van der Waals surface area contributed by atoms with Crippen molar-refractivity contribution in [1.29, 1.82) is 0 Å². The highest BCUT2D eigenvalue weighted by Gasteiger charge is 2.34. The fraction of sp³-hybridized carbons (Fsp3) is 0.611. The van der Waals surface area contributed by atoms with Crippen LogP contribution in [0.25, 0.3) is 11.0 Å². The van der Waals surface area contributed by atoms with E-state index in [9.17, 15) is 21.6 Å². The molecule has 1 aliphatic carbocycles. The van der Waals surface area contributed by atoms with Crippen LogP contribution in [0.2, 0.25) is 0 Å². The number of aromatic amines is 1. The van der Waals surface area contributed by atoms with E-state index >= 15 is 0 Å². The number of pyridine rings is 1. The molecular formula is C18H24F3N3O2S. The fourth-order valence-corrected chi connectivity index (χ4v) is 4.35. The predicted octanol–water partition coefficient (Wildman–Crippen LogP) is 4.33. The monoisotopic (exact) mass is 403 g/mol. The number of nitrogens with zero attached hydrogens (tertiary/aromatic N) is 1. The number of aromatic nitrogens is 2. The van der Waals surface area contributed by atoms with Crippen LogP contribution in [-0.2, 0) is 16.2 Å². The highest BCUT2D eigenvalue weighted by atomic mass is 32.2. The van der Waals surface area contributed by atoms with E-state index < -0.39 is 26.6 Å². The zero-order valence-corrected chi connectivity index (χ0v) is 16.3. The summed E-state index contributed by atoms with van der Waals surface area (Å²) >= 11 is 0. The van der Waals surface area contributed by atoms with Gasteiger partial charge in [-0.1, -0.05) is 0 Å². The normalized spacial score (nSPS) is 22.3. The summed E-state index contributed by atoms with van der Waals surface area (Å²) in [5.41, 5.74) is 0.832. The summed E-state index contributed by atoms with van der Waals surface area (Å²) in [7, 11) is -3.39. The summed E-state index contributed by atoms with van der Waals surface area (Å²) in [4.78, 5) is 6.87. The molecule has 0 unspecified atom stereocenters. The average molecular weight is 403 g/mol. The summed E-state index contributed by atoms with van der Waals surface area (Å²) in [5.74, 6) is 0.156. The van der Waals surface area contributed by atoms with Gasteiger partial charge in [0.25, 0.3) is 0 Å². The van der Waals surface area contributed by atoms with E-state index in [4.69, 9.17) is 0 Å². The van der Waals surface area contributed by atoms with E-state index in [-0.39, 0.29) is 12.0 Å². The van der Waals surface area contributed by atoms with Gasteiger partial charge < -0.3 is 4.98 Å². The molecular weight excluding hydrogens is 379 g/mol. The molecule has 0 radical (unpaired) electrons. The standard InChI is InChI=1S/C18H24F3N3O2S/c1-17(2,3)27(25,26)24-12-6-4-11(5-7-12)14-10-15-13(22-14)8-9-16(23-15)18(19,20)21/h8-12,22,24H,4-7H2,1-3H3/t11-,12-. The van der Waals surface area contributed by atoms with E-state index in [2.05, 4.69) is 14.7 Å². The van der Waals surface area contributed by atoms with Crippen molar-refractivity contribution in [3.63, 3.8) is 0 Å². The molecule has 0 saturated heterocycles. The quantitative estimate of drug-likeness (QED) is 0.801. The molecule has 9 heteroatoms. The number of alkyl halides is 3. The molecule has 27 heavy (non-hydrogen) atoms. The maximum absolute atomic E-state index is 12.8. The van der Waals surface area contributed by atoms with E-state index in [0.717, 1.165) is 24.6 Å². The molecule has 1 saturated carbocycles. The Kier molecular flexibility index (Phi) is 5.05. The molecule has 2 aromatic heterocycles. The second kappa shape index (κ2) is 6.77. The lowest BCUT2D eigenvalue weighted by Crippen LogP contribution is -2.45. The van der Waals surface area contributed by atoms with Gasteiger partial charge in [-0.2, -0.15) is 13.2 Å². The summed E-state index contributed by atoms with van der Waals surface area (Å²) in [5, 5.41) is 0. The molecule has 1 aliphatic rings. The van der Waals surface area contributed by atoms with Crippen molar-refractivity contribution >= 4 is 21.1 Å². The van der Waals surface area contributed by atoms with E-state index in [0.29, 0.717) is 23.9 Å². The number of sulfonamides is 1. The Bertz CT molecular complexity index is 921. The highest BCUT2D eigenvalue weighted by Crippen LogP contribution is 2.35. The van der Waals surface area contributed by atoms with Crippen molar-refractivity contribution < 1.29 is 21.6 Å². The van der Waals surface area contributed by atoms with Crippen molar-refractivity contribution in [3.05, 3.63) is 29.6 Å². The first-order chi connectivity index (χ1) is 12.4. The largest absolute Gasteiger partial charge is 0.433 e. The molecule has 150 valence electrons. The molecule has 5 nitrogen and oxygen atoms in total. The van der Waals surface area contributed by atoms with E-state index in [1.54, 1.807) is 26.8 Å². The number of H-pyrrole nitrogens is 1. The topological polar surface area (TPSA) is 74.8 Å². The lowest BCUT2D eigenvalue weighted by Gasteiger charge is -2.31.